The van der Waals surface area contributed by atoms with Gasteiger partial charge in [0, 0.05) is 12.1 Å². The fourth-order valence-electron chi connectivity index (χ4n) is 4.63. The second kappa shape index (κ2) is 9.72. The molecule has 1 saturated heterocycles. The van der Waals surface area contributed by atoms with E-state index >= 15 is 0 Å². The predicted molar refractivity (Wildman–Crippen MR) is 146 cm³/mol. The minimum Gasteiger partial charge on any atom is -0.436 e. The summed E-state index contributed by atoms with van der Waals surface area (Å²) in [5.74, 6) is -0.565. The van der Waals surface area contributed by atoms with Gasteiger partial charge in [-0.05, 0) is 60.3 Å². The van der Waals surface area contributed by atoms with Crippen molar-refractivity contribution in [2.75, 3.05) is 4.90 Å². The van der Waals surface area contributed by atoms with Crippen LogP contribution in [0, 0.1) is 6.92 Å². The number of imide groups is 1. The maximum Gasteiger partial charge on any atom is 0.264 e. The first-order valence-corrected chi connectivity index (χ1v) is 13.1. The zero-order valence-electron chi connectivity index (χ0n) is 20.5. The number of carbonyl (C=O) groups is 3. The number of amides is 3. The number of para-hydroxylation sites is 2. The standard InChI is InChI=1S/C30H23N3O4S/c1-19-8-10-20(11-9-19)18-32(30(36)26-7-4-16-38-26)24-17-27(34)33(29(24)35)22-14-12-21(13-15-22)28-31-23-5-2-3-6-25(23)37-28/h2-16,24H,17-18H2,1H3. The van der Waals surface area contributed by atoms with E-state index in [1.54, 1.807) is 36.4 Å². The maximum absolute atomic E-state index is 13.6. The van der Waals surface area contributed by atoms with Crippen molar-refractivity contribution in [2.45, 2.75) is 25.9 Å². The van der Waals surface area contributed by atoms with E-state index in [2.05, 4.69) is 4.98 Å². The predicted octanol–water partition coefficient (Wildman–Crippen LogP) is 5.84. The highest BCUT2D eigenvalue weighted by Gasteiger charge is 2.44. The summed E-state index contributed by atoms with van der Waals surface area (Å²) >= 11 is 1.32. The van der Waals surface area contributed by atoms with Gasteiger partial charge in [-0.1, -0.05) is 48.0 Å². The van der Waals surface area contributed by atoms with Crippen LogP contribution in [0.25, 0.3) is 22.6 Å². The van der Waals surface area contributed by atoms with Crippen LogP contribution in [0.2, 0.25) is 0 Å². The fraction of sp³-hybridized carbons (Fsp3) is 0.133. The molecule has 0 spiro atoms. The quantitative estimate of drug-likeness (QED) is 0.262. The molecule has 1 fully saturated rings. The molecule has 7 nitrogen and oxygen atoms in total. The Kier molecular flexibility index (Phi) is 6.09. The number of hydrogen-bond donors (Lipinski definition) is 0. The second-order valence-electron chi connectivity index (χ2n) is 9.22. The van der Waals surface area contributed by atoms with Crippen LogP contribution in [-0.2, 0) is 16.1 Å². The number of nitrogens with zero attached hydrogens (tertiary/aromatic N) is 3. The molecule has 3 heterocycles. The van der Waals surface area contributed by atoms with E-state index in [9.17, 15) is 14.4 Å². The molecule has 2 aromatic heterocycles. The fourth-order valence-corrected chi connectivity index (χ4v) is 5.31. The number of hydrogen-bond acceptors (Lipinski definition) is 6. The molecule has 1 aliphatic heterocycles. The van der Waals surface area contributed by atoms with Gasteiger partial charge in [0.15, 0.2) is 5.58 Å². The summed E-state index contributed by atoms with van der Waals surface area (Å²) < 4.78 is 5.83. The molecule has 0 saturated carbocycles. The molecule has 0 bridgehead atoms. The molecule has 3 amide bonds. The maximum atomic E-state index is 13.6. The summed E-state index contributed by atoms with van der Waals surface area (Å²) in [6.45, 7) is 2.22. The number of thiophene rings is 1. The number of anilines is 1. The molecule has 1 unspecified atom stereocenters. The third-order valence-corrected chi connectivity index (χ3v) is 7.49. The van der Waals surface area contributed by atoms with E-state index in [0.717, 1.165) is 22.2 Å². The lowest BCUT2D eigenvalue weighted by Gasteiger charge is -2.27. The largest absolute Gasteiger partial charge is 0.436 e. The number of aromatic nitrogens is 1. The van der Waals surface area contributed by atoms with Gasteiger partial charge in [-0.2, -0.15) is 0 Å². The third kappa shape index (κ3) is 4.39. The van der Waals surface area contributed by atoms with Gasteiger partial charge in [-0.3, -0.25) is 14.4 Å². The Morgan fingerprint density at radius 1 is 1.00 bits per heavy atom. The second-order valence-corrected chi connectivity index (χ2v) is 10.2. The Bertz CT molecular complexity index is 1610. The first-order valence-electron chi connectivity index (χ1n) is 12.2. The average molecular weight is 522 g/mol. The molecular formula is C30H23N3O4S. The molecule has 8 heteroatoms. The van der Waals surface area contributed by atoms with Crippen LogP contribution < -0.4 is 4.90 Å². The van der Waals surface area contributed by atoms with Crippen LogP contribution in [0.15, 0.2) is 94.7 Å². The highest BCUT2D eigenvalue weighted by atomic mass is 32.1. The Morgan fingerprint density at radius 2 is 1.76 bits per heavy atom. The first-order chi connectivity index (χ1) is 18.5. The summed E-state index contributed by atoms with van der Waals surface area (Å²) in [4.78, 5) is 47.9. The van der Waals surface area contributed by atoms with Gasteiger partial charge in [-0.25, -0.2) is 9.88 Å². The van der Waals surface area contributed by atoms with Crippen molar-refractivity contribution in [1.82, 2.24) is 9.88 Å². The summed E-state index contributed by atoms with van der Waals surface area (Å²) in [5, 5.41) is 1.82. The van der Waals surface area contributed by atoms with Gasteiger partial charge in [0.2, 0.25) is 11.8 Å². The normalized spacial score (nSPS) is 15.4. The van der Waals surface area contributed by atoms with Gasteiger partial charge in [-0.15, -0.1) is 11.3 Å². The van der Waals surface area contributed by atoms with Gasteiger partial charge in [0.25, 0.3) is 11.8 Å². The van der Waals surface area contributed by atoms with Crippen LogP contribution in [0.3, 0.4) is 0 Å². The molecule has 38 heavy (non-hydrogen) atoms. The summed E-state index contributed by atoms with van der Waals surface area (Å²) in [5.41, 5.74) is 4.61. The summed E-state index contributed by atoms with van der Waals surface area (Å²) in [7, 11) is 0. The highest BCUT2D eigenvalue weighted by molar-refractivity contribution is 7.12. The molecule has 188 valence electrons. The number of fused-ring (bicyclic) bond motifs is 1. The van der Waals surface area contributed by atoms with E-state index in [0.29, 0.717) is 22.0 Å². The topological polar surface area (TPSA) is 83.7 Å². The van der Waals surface area contributed by atoms with E-state index in [1.165, 1.54) is 21.1 Å². The SMILES string of the molecule is Cc1ccc(CN(C(=O)c2cccs2)C2CC(=O)N(c3ccc(-c4nc5ccccc5o4)cc3)C2=O)cc1. The minimum absolute atomic E-state index is 0.0747. The van der Waals surface area contributed by atoms with E-state index < -0.39 is 11.9 Å². The number of benzene rings is 3. The molecular weight excluding hydrogens is 498 g/mol. The Hall–Kier alpha value is -4.56. The molecule has 1 aliphatic rings. The van der Waals surface area contributed by atoms with E-state index in [1.807, 2.05) is 60.8 Å². The number of aryl methyl sites for hydroxylation is 1. The van der Waals surface area contributed by atoms with Gasteiger partial charge in [0.1, 0.15) is 11.6 Å². The Balaban J connectivity index is 1.28. The van der Waals surface area contributed by atoms with Crippen molar-refractivity contribution >= 4 is 45.8 Å². The minimum atomic E-state index is -0.893. The van der Waals surface area contributed by atoms with Crippen LogP contribution in [0.4, 0.5) is 5.69 Å². The smallest absolute Gasteiger partial charge is 0.264 e. The molecule has 1 atom stereocenters. The zero-order valence-corrected chi connectivity index (χ0v) is 21.4. The van der Waals surface area contributed by atoms with Gasteiger partial charge >= 0.3 is 0 Å². The van der Waals surface area contributed by atoms with Crippen molar-refractivity contribution in [3.05, 3.63) is 106 Å². The van der Waals surface area contributed by atoms with Gasteiger partial charge in [0.05, 0.1) is 17.0 Å². The van der Waals surface area contributed by atoms with Gasteiger partial charge < -0.3 is 9.32 Å². The van der Waals surface area contributed by atoms with Crippen LogP contribution >= 0.6 is 11.3 Å². The van der Waals surface area contributed by atoms with Crippen LogP contribution in [0.1, 0.15) is 27.2 Å². The molecule has 3 aromatic carbocycles. The van der Waals surface area contributed by atoms with Crippen LogP contribution in [-0.4, -0.2) is 33.6 Å². The Morgan fingerprint density at radius 3 is 2.47 bits per heavy atom. The van der Waals surface area contributed by atoms with Crippen molar-refractivity contribution < 1.29 is 18.8 Å². The third-order valence-electron chi connectivity index (χ3n) is 6.63. The van der Waals surface area contributed by atoms with Crippen LogP contribution in [0.5, 0.6) is 0 Å². The molecule has 0 N–H and O–H groups in total. The lowest BCUT2D eigenvalue weighted by atomic mass is 10.1. The lowest BCUT2D eigenvalue weighted by molar-refractivity contribution is -0.122. The average Bonchev–Trinajstić information content (AvgIpc) is 3.68. The number of rotatable bonds is 6. The van der Waals surface area contributed by atoms with Crippen molar-refractivity contribution in [3.8, 4) is 11.5 Å². The van der Waals surface area contributed by atoms with E-state index in [-0.39, 0.29) is 24.8 Å². The number of oxazole rings is 1. The number of carbonyl (C=O) groups excluding carboxylic acids is 3. The monoisotopic (exact) mass is 521 g/mol. The lowest BCUT2D eigenvalue weighted by Crippen LogP contribution is -2.44. The first kappa shape index (κ1) is 23.8. The molecule has 5 aromatic rings. The Labute approximate surface area is 222 Å². The molecule has 0 radical (unpaired) electrons. The highest BCUT2D eigenvalue weighted by Crippen LogP contribution is 2.31. The van der Waals surface area contributed by atoms with Crippen molar-refractivity contribution in [1.29, 1.82) is 0 Å². The molecule has 6 rings (SSSR count). The van der Waals surface area contributed by atoms with Crippen molar-refractivity contribution in [3.63, 3.8) is 0 Å². The van der Waals surface area contributed by atoms with Crippen molar-refractivity contribution in [2.24, 2.45) is 0 Å². The zero-order chi connectivity index (χ0) is 26.2. The van der Waals surface area contributed by atoms with E-state index in [4.69, 9.17) is 4.42 Å². The summed E-state index contributed by atoms with van der Waals surface area (Å²) in [6.07, 6.45) is -0.0747. The summed E-state index contributed by atoms with van der Waals surface area (Å²) in [6, 6.07) is 24.9. The molecule has 0 aliphatic carbocycles.